The van der Waals surface area contributed by atoms with Crippen LogP contribution >= 0.6 is 0 Å². The normalized spacial score (nSPS) is 11.4. The molecule has 3 aromatic carbocycles. The molecule has 0 aliphatic heterocycles. The van der Waals surface area contributed by atoms with Gasteiger partial charge in [0.1, 0.15) is 23.0 Å². The summed E-state index contributed by atoms with van der Waals surface area (Å²) in [6.07, 6.45) is -4.53. The van der Waals surface area contributed by atoms with Crippen LogP contribution in [0.15, 0.2) is 72.8 Å². The maximum absolute atomic E-state index is 12.9. The third kappa shape index (κ3) is 4.12. The molecular weight excluding hydrogens is 471 g/mol. The van der Waals surface area contributed by atoms with Gasteiger partial charge in [-0.2, -0.15) is 18.4 Å². The lowest BCUT2D eigenvalue weighted by molar-refractivity contribution is -0.137. The summed E-state index contributed by atoms with van der Waals surface area (Å²) in [5, 5.41) is 14.7. The summed E-state index contributed by atoms with van der Waals surface area (Å²) in [5.74, 6) is 0.133. The second-order valence-electron chi connectivity index (χ2n) is 7.80. The molecule has 0 spiro atoms. The average molecular weight is 487 g/mol. The fourth-order valence-corrected chi connectivity index (χ4v) is 3.82. The standard InChI is InChI=1S/C25H16F3N7O/c26-25(27,28)14-5-3-6-15(11-14)31-24(36)32-16-7-4-8-17(12-16)35-22(30)18(13-29)21-23(35)34-20-10-2-1-9-19(20)33-21/h1-12H,30H2,(H2,31,32,36). The number of nitrogens with one attached hydrogen (secondary N) is 2. The Balaban J connectivity index is 1.48. The third-order valence-electron chi connectivity index (χ3n) is 5.42. The molecule has 5 rings (SSSR count). The molecule has 0 bridgehead atoms. The minimum atomic E-state index is -4.53. The number of nitriles is 1. The fraction of sp³-hybridized carbons (Fsp3) is 0.0400. The highest BCUT2D eigenvalue weighted by atomic mass is 19.4. The number of benzene rings is 3. The van der Waals surface area contributed by atoms with E-state index in [0.717, 1.165) is 12.1 Å². The number of alkyl halides is 3. The van der Waals surface area contributed by atoms with Crippen molar-refractivity contribution < 1.29 is 18.0 Å². The first-order valence-corrected chi connectivity index (χ1v) is 10.6. The van der Waals surface area contributed by atoms with Crippen molar-refractivity contribution in [3.05, 3.63) is 83.9 Å². The number of aromatic nitrogens is 3. The molecule has 0 aliphatic carbocycles. The van der Waals surface area contributed by atoms with E-state index in [0.29, 0.717) is 33.6 Å². The second-order valence-corrected chi connectivity index (χ2v) is 7.80. The van der Waals surface area contributed by atoms with E-state index in [-0.39, 0.29) is 17.1 Å². The van der Waals surface area contributed by atoms with Crippen LogP contribution in [-0.2, 0) is 6.18 Å². The van der Waals surface area contributed by atoms with Crippen LogP contribution in [-0.4, -0.2) is 20.6 Å². The van der Waals surface area contributed by atoms with E-state index in [9.17, 15) is 23.2 Å². The van der Waals surface area contributed by atoms with Crippen molar-refractivity contribution in [2.75, 3.05) is 16.4 Å². The molecule has 2 aromatic heterocycles. The number of para-hydroxylation sites is 2. The number of urea groups is 1. The number of amides is 2. The fourth-order valence-electron chi connectivity index (χ4n) is 3.82. The first-order valence-electron chi connectivity index (χ1n) is 10.6. The minimum Gasteiger partial charge on any atom is -0.384 e. The smallest absolute Gasteiger partial charge is 0.384 e. The number of carbonyl (C=O) groups is 1. The summed E-state index contributed by atoms with van der Waals surface area (Å²) in [5.41, 5.74) is 8.35. The lowest BCUT2D eigenvalue weighted by atomic mass is 10.2. The topological polar surface area (TPSA) is 122 Å². The molecule has 178 valence electrons. The van der Waals surface area contributed by atoms with Gasteiger partial charge >= 0.3 is 12.2 Å². The molecule has 0 saturated carbocycles. The van der Waals surface area contributed by atoms with Gasteiger partial charge in [0.15, 0.2) is 5.65 Å². The zero-order chi connectivity index (χ0) is 25.4. The molecule has 4 N–H and O–H groups in total. The molecular formula is C25H16F3N7O. The Kier molecular flexibility index (Phi) is 5.41. The van der Waals surface area contributed by atoms with Gasteiger partial charge in [-0.1, -0.05) is 24.3 Å². The maximum atomic E-state index is 12.9. The minimum absolute atomic E-state index is 0.0139. The lowest BCUT2D eigenvalue weighted by Crippen LogP contribution is -2.20. The van der Waals surface area contributed by atoms with E-state index in [2.05, 4.69) is 26.7 Å². The highest BCUT2D eigenvalue weighted by Gasteiger charge is 2.30. The summed E-state index contributed by atoms with van der Waals surface area (Å²) in [7, 11) is 0. The van der Waals surface area contributed by atoms with Gasteiger partial charge in [-0.15, -0.1) is 0 Å². The van der Waals surface area contributed by atoms with Crippen LogP contribution in [0, 0.1) is 11.3 Å². The summed E-state index contributed by atoms with van der Waals surface area (Å²) in [6.45, 7) is 0. The number of nitrogens with zero attached hydrogens (tertiary/aromatic N) is 4. The molecule has 2 heterocycles. The molecule has 0 unspecified atom stereocenters. The largest absolute Gasteiger partial charge is 0.416 e. The van der Waals surface area contributed by atoms with Gasteiger partial charge in [0.25, 0.3) is 0 Å². The molecule has 0 atom stereocenters. The summed E-state index contributed by atoms with van der Waals surface area (Å²) < 4.78 is 40.4. The molecule has 0 aliphatic rings. The summed E-state index contributed by atoms with van der Waals surface area (Å²) in [4.78, 5) is 21.7. The zero-order valence-electron chi connectivity index (χ0n) is 18.3. The second kappa shape index (κ2) is 8.59. The SMILES string of the molecule is N#Cc1c(N)n(-c2cccc(NC(=O)Nc3cccc(C(F)(F)F)c3)c2)c2nc3ccccc3nc12. The van der Waals surface area contributed by atoms with Crippen LogP contribution in [0.1, 0.15) is 11.1 Å². The van der Waals surface area contributed by atoms with Crippen LogP contribution in [0.3, 0.4) is 0 Å². The highest BCUT2D eigenvalue weighted by Crippen LogP contribution is 2.32. The van der Waals surface area contributed by atoms with Crippen molar-refractivity contribution in [2.45, 2.75) is 6.18 Å². The molecule has 36 heavy (non-hydrogen) atoms. The average Bonchev–Trinajstić information content (AvgIpc) is 3.12. The third-order valence-corrected chi connectivity index (χ3v) is 5.42. The first-order chi connectivity index (χ1) is 17.2. The molecule has 11 heteroatoms. The highest BCUT2D eigenvalue weighted by molar-refractivity contribution is 6.00. The van der Waals surface area contributed by atoms with Crippen LogP contribution in [0.25, 0.3) is 27.9 Å². The van der Waals surface area contributed by atoms with Gasteiger partial charge in [0, 0.05) is 11.4 Å². The first kappa shape index (κ1) is 22.7. The summed E-state index contributed by atoms with van der Waals surface area (Å²) >= 11 is 0. The number of anilines is 3. The van der Waals surface area contributed by atoms with Gasteiger partial charge in [0.2, 0.25) is 0 Å². The van der Waals surface area contributed by atoms with Crippen molar-refractivity contribution in [1.82, 2.24) is 14.5 Å². The lowest BCUT2D eigenvalue weighted by Gasteiger charge is -2.12. The van der Waals surface area contributed by atoms with E-state index in [1.54, 1.807) is 41.0 Å². The quantitative estimate of drug-likeness (QED) is 0.302. The van der Waals surface area contributed by atoms with E-state index in [1.165, 1.54) is 12.1 Å². The number of hydrogen-bond acceptors (Lipinski definition) is 5. The van der Waals surface area contributed by atoms with Crippen molar-refractivity contribution in [2.24, 2.45) is 0 Å². The Hall–Kier alpha value is -5.11. The molecule has 5 aromatic rings. The number of carbonyl (C=O) groups excluding carboxylic acids is 1. The maximum Gasteiger partial charge on any atom is 0.416 e. The van der Waals surface area contributed by atoms with Gasteiger partial charge < -0.3 is 16.4 Å². The van der Waals surface area contributed by atoms with Gasteiger partial charge in [-0.05, 0) is 48.5 Å². The van der Waals surface area contributed by atoms with Crippen molar-refractivity contribution in [3.63, 3.8) is 0 Å². The Bertz CT molecular complexity index is 1690. The van der Waals surface area contributed by atoms with E-state index in [1.807, 2.05) is 12.1 Å². The van der Waals surface area contributed by atoms with E-state index < -0.39 is 17.8 Å². The molecule has 2 amide bonds. The Morgan fingerprint density at radius 1 is 0.917 bits per heavy atom. The van der Waals surface area contributed by atoms with Crippen LogP contribution in [0.5, 0.6) is 0 Å². The van der Waals surface area contributed by atoms with Crippen molar-refractivity contribution in [1.29, 1.82) is 5.26 Å². The Labute approximate surface area is 201 Å². The van der Waals surface area contributed by atoms with Crippen molar-refractivity contribution >= 4 is 45.4 Å². The predicted molar refractivity (Wildman–Crippen MR) is 130 cm³/mol. The molecule has 0 saturated heterocycles. The van der Waals surface area contributed by atoms with Gasteiger partial charge in [-0.25, -0.2) is 14.8 Å². The van der Waals surface area contributed by atoms with Gasteiger partial charge in [0.05, 0.1) is 22.3 Å². The van der Waals surface area contributed by atoms with Gasteiger partial charge in [-0.3, -0.25) is 4.57 Å². The monoisotopic (exact) mass is 487 g/mol. The summed E-state index contributed by atoms with van der Waals surface area (Å²) in [6, 6.07) is 19.4. The van der Waals surface area contributed by atoms with E-state index in [4.69, 9.17) is 5.73 Å². The van der Waals surface area contributed by atoms with Crippen LogP contribution in [0.4, 0.5) is 35.2 Å². The van der Waals surface area contributed by atoms with Crippen LogP contribution in [0.2, 0.25) is 0 Å². The zero-order valence-corrected chi connectivity index (χ0v) is 18.3. The Morgan fingerprint density at radius 2 is 1.56 bits per heavy atom. The molecule has 0 fully saturated rings. The number of rotatable bonds is 3. The molecule has 8 nitrogen and oxygen atoms in total. The van der Waals surface area contributed by atoms with Crippen LogP contribution < -0.4 is 16.4 Å². The number of nitrogens with two attached hydrogens (primary N) is 1. The molecule has 0 radical (unpaired) electrons. The predicted octanol–water partition coefficient (Wildman–Crippen LogP) is 5.69. The number of halogens is 3. The van der Waals surface area contributed by atoms with Crippen molar-refractivity contribution in [3.8, 4) is 11.8 Å². The number of hydrogen-bond donors (Lipinski definition) is 3. The number of fused-ring (bicyclic) bond motifs is 2. The number of nitrogen functional groups attached to an aromatic ring is 1. The van der Waals surface area contributed by atoms with E-state index >= 15 is 0 Å². The Morgan fingerprint density at radius 3 is 2.22 bits per heavy atom.